The first kappa shape index (κ1) is 20.1. The molecule has 0 atom stereocenters. The number of hydrogen-bond acceptors (Lipinski definition) is 6. The maximum atomic E-state index is 12.6. The average molecular weight is 416 g/mol. The number of carbonyl (C=O) groups excluding carboxylic acids is 2. The van der Waals surface area contributed by atoms with E-state index < -0.39 is 5.97 Å². The molecule has 0 spiro atoms. The van der Waals surface area contributed by atoms with E-state index in [1.54, 1.807) is 13.0 Å². The highest BCUT2D eigenvalue weighted by Gasteiger charge is 2.23. The van der Waals surface area contributed by atoms with Crippen LogP contribution < -0.4 is 10.1 Å². The van der Waals surface area contributed by atoms with E-state index in [1.165, 1.54) is 22.7 Å². The number of benzene rings is 1. The smallest absolute Gasteiger partial charge is 0.341 e. The zero-order chi connectivity index (χ0) is 19.9. The Morgan fingerprint density at radius 2 is 1.86 bits per heavy atom. The number of thiophene rings is 2. The van der Waals surface area contributed by atoms with E-state index in [0.717, 1.165) is 23.3 Å². The molecule has 3 rings (SSSR count). The molecule has 1 amide bonds. The molecule has 2 heterocycles. The summed E-state index contributed by atoms with van der Waals surface area (Å²) in [6.45, 7) is 4.73. The van der Waals surface area contributed by atoms with E-state index in [2.05, 4.69) is 12.2 Å². The maximum absolute atomic E-state index is 12.6. The average Bonchev–Trinajstić information content (AvgIpc) is 3.37. The largest absolute Gasteiger partial charge is 0.494 e. The van der Waals surface area contributed by atoms with Crippen molar-refractivity contribution in [2.75, 3.05) is 18.5 Å². The molecule has 1 N–H and O–H groups in total. The van der Waals surface area contributed by atoms with E-state index in [1.807, 2.05) is 41.1 Å². The van der Waals surface area contributed by atoms with Crippen molar-refractivity contribution in [2.45, 2.75) is 20.3 Å². The van der Waals surface area contributed by atoms with Crippen LogP contribution in [0.3, 0.4) is 0 Å². The van der Waals surface area contributed by atoms with Gasteiger partial charge in [-0.15, -0.1) is 22.7 Å². The lowest BCUT2D eigenvalue weighted by Crippen LogP contribution is -2.13. The summed E-state index contributed by atoms with van der Waals surface area (Å²) in [5, 5.41) is 7.03. The fourth-order valence-corrected chi connectivity index (χ4v) is 4.16. The molecule has 1 aromatic carbocycles. The van der Waals surface area contributed by atoms with Crippen LogP contribution in [0.1, 0.15) is 40.3 Å². The van der Waals surface area contributed by atoms with Crippen LogP contribution in [0.5, 0.6) is 5.75 Å². The Labute approximate surface area is 171 Å². The quantitative estimate of drug-likeness (QED) is 0.480. The SMILES string of the molecule is CCCOc1ccc(-c2csc(NC(=O)c3cccs3)c2C(=O)OCC)cc1. The Morgan fingerprint density at radius 3 is 2.50 bits per heavy atom. The van der Waals surface area contributed by atoms with Gasteiger partial charge in [-0.05, 0) is 42.5 Å². The lowest BCUT2D eigenvalue weighted by atomic mass is 10.0. The fraction of sp³-hybridized carbons (Fsp3) is 0.238. The van der Waals surface area contributed by atoms with Gasteiger partial charge in [0.25, 0.3) is 5.91 Å². The third-order valence-electron chi connectivity index (χ3n) is 3.88. The Morgan fingerprint density at radius 1 is 1.07 bits per heavy atom. The maximum Gasteiger partial charge on any atom is 0.341 e. The van der Waals surface area contributed by atoms with E-state index in [4.69, 9.17) is 9.47 Å². The number of ether oxygens (including phenoxy) is 2. The highest BCUT2D eigenvalue weighted by atomic mass is 32.1. The molecule has 146 valence electrons. The van der Waals surface area contributed by atoms with Gasteiger partial charge in [0.05, 0.1) is 18.1 Å². The van der Waals surface area contributed by atoms with Crippen LogP contribution >= 0.6 is 22.7 Å². The standard InChI is InChI=1S/C21H21NO4S2/c1-3-11-26-15-9-7-14(8-10-15)16-13-28-20(18(16)21(24)25-4-2)22-19(23)17-6-5-12-27-17/h5-10,12-13H,3-4,11H2,1-2H3,(H,22,23). The second-order valence-electron chi connectivity index (χ2n) is 5.88. The predicted molar refractivity (Wildman–Crippen MR) is 114 cm³/mol. The minimum Gasteiger partial charge on any atom is -0.494 e. The summed E-state index contributed by atoms with van der Waals surface area (Å²) in [5.41, 5.74) is 1.96. The number of rotatable bonds is 8. The number of hydrogen-bond donors (Lipinski definition) is 1. The molecule has 3 aromatic rings. The summed E-state index contributed by atoms with van der Waals surface area (Å²) in [5.74, 6) is 0.0912. The molecule has 7 heteroatoms. The van der Waals surface area contributed by atoms with Gasteiger partial charge in [-0.25, -0.2) is 4.79 Å². The van der Waals surface area contributed by atoms with Crippen molar-refractivity contribution in [1.29, 1.82) is 0 Å². The van der Waals surface area contributed by atoms with Crippen molar-refractivity contribution in [3.05, 3.63) is 57.6 Å². The zero-order valence-electron chi connectivity index (χ0n) is 15.7. The Hall–Kier alpha value is -2.64. The first-order valence-electron chi connectivity index (χ1n) is 9.00. The van der Waals surface area contributed by atoms with Gasteiger partial charge < -0.3 is 14.8 Å². The molecular weight excluding hydrogens is 394 g/mol. The van der Waals surface area contributed by atoms with E-state index in [0.29, 0.717) is 22.0 Å². The molecule has 0 saturated carbocycles. The molecule has 0 radical (unpaired) electrons. The van der Waals surface area contributed by atoms with E-state index in [9.17, 15) is 9.59 Å². The summed E-state index contributed by atoms with van der Waals surface area (Å²) in [7, 11) is 0. The molecule has 28 heavy (non-hydrogen) atoms. The molecule has 5 nitrogen and oxygen atoms in total. The molecule has 0 aliphatic carbocycles. The van der Waals surface area contributed by atoms with Gasteiger partial charge in [-0.3, -0.25) is 4.79 Å². The minimum absolute atomic E-state index is 0.239. The Balaban J connectivity index is 1.91. The van der Waals surface area contributed by atoms with Crippen LogP contribution in [0.4, 0.5) is 5.00 Å². The van der Waals surface area contributed by atoms with Gasteiger partial charge in [0, 0.05) is 10.9 Å². The van der Waals surface area contributed by atoms with Crippen LogP contribution in [-0.2, 0) is 4.74 Å². The molecule has 0 fully saturated rings. The summed E-state index contributed by atoms with van der Waals surface area (Å²) >= 11 is 2.66. The summed E-state index contributed by atoms with van der Waals surface area (Å²) in [4.78, 5) is 25.6. The van der Waals surface area contributed by atoms with Crippen LogP contribution in [-0.4, -0.2) is 25.1 Å². The Kier molecular flexibility index (Phi) is 6.84. The molecule has 0 aliphatic rings. The zero-order valence-corrected chi connectivity index (χ0v) is 17.3. The number of anilines is 1. The highest BCUT2D eigenvalue weighted by Crippen LogP contribution is 2.37. The highest BCUT2D eigenvalue weighted by molar-refractivity contribution is 7.15. The van der Waals surface area contributed by atoms with Crippen molar-refractivity contribution in [1.82, 2.24) is 0 Å². The van der Waals surface area contributed by atoms with Crippen LogP contribution in [0.2, 0.25) is 0 Å². The molecular formula is C21H21NO4S2. The van der Waals surface area contributed by atoms with Gasteiger partial charge in [-0.2, -0.15) is 0 Å². The number of amides is 1. The first-order chi connectivity index (χ1) is 13.6. The molecule has 0 bridgehead atoms. The first-order valence-corrected chi connectivity index (χ1v) is 10.8. The van der Waals surface area contributed by atoms with Gasteiger partial charge in [-0.1, -0.05) is 25.1 Å². The molecule has 0 saturated heterocycles. The normalized spacial score (nSPS) is 10.5. The second-order valence-corrected chi connectivity index (χ2v) is 7.71. The number of esters is 1. The van der Waals surface area contributed by atoms with Gasteiger partial charge in [0.15, 0.2) is 0 Å². The lowest BCUT2D eigenvalue weighted by Gasteiger charge is -2.09. The number of nitrogens with one attached hydrogen (secondary N) is 1. The summed E-state index contributed by atoms with van der Waals surface area (Å²) in [6, 6.07) is 11.1. The molecule has 2 aromatic heterocycles. The molecule has 0 aliphatic heterocycles. The number of carbonyl (C=O) groups is 2. The van der Waals surface area contributed by atoms with Crippen molar-refractivity contribution in [2.24, 2.45) is 0 Å². The van der Waals surface area contributed by atoms with Gasteiger partial charge in [0.1, 0.15) is 16.3 Å². The van der Waals surface area contributed by atoms with Crippen molar-refractivity contribution in [3.63, 3.8) is 0 Å². The second kappa shape index (κ2) is 9.52. The van der Waals surface area contributed by atoms with E-state index in [-0.39, 0.29) is 12.5 Å². The topological polar surface area (TPSA) is 64.6 Å². The molecule has 0 unspecified atom stereocenters. The monoisotopic (exact) mass is 415 g/mol. The van der Waals surface area contributed by atoms with Crippen LogP contribution in [0, 0.1) is 0 Å². The Bertz CT molecular complexity index is 930. The van der Waals surface area contributed by atoms with Crippen LogP contribution in [0.25, 0.3) is 11.1 Å². The van der Waals surface area contributed by atoms with Crippen molar-refractivity contribution < 1.29 is 19.1 Å². The fourth-order valence-electron chi connectivity index (χ4n) is 2.59. The van der Waals surface area contributed by atoms with Gasteiger partial charge in [0.2, 0.25) is 0 Å². The van der Waals surface area contributed by atoms with Crippen molar-refractivity contribution >= 4 is 39.6 Å². The van der Waals surface area contributed by atoms with Crippen LogP contribution in [0.15, 0.2) is 47.2 Å². The van der Waals surface area contributed by atoms with Gasteiger partial charge >= 0.3 is 5.97 Å². The lowest BCUT2D eigenvalue weighted by molar-refractivity contribution is 0.0529. The predicted octanol–water partition coefficient (Wildman–Crippen LogP) is 5.69. The third kappa shape index (κ3) is 4.61. The minimum atomic E-state index is -0.452. The van der Waals surface area contributed by atoms with E-state index >= 15 is 0 Å². The third-order valence-corrected chi connectivity index (χ3v) is 5.64. The summed E-state index contributed by atoms with van der Waals surface area (Å²) < 4.78 is 10.8. The summed E-state index contributed by atoms with van der Waals surface area (Å²) in [6.07, 6.45) is 0.937. The van der Waals surface area contributed by atoms with Crippen molar-refractivity contribution in [3.8, 4) is 16.9 Å².